The molecule has 0 spiro atoms. The lowest BCUT2D eigenvalue weighted by molar-refractivity contribution is 0.182. The zero-order chi connectivity index (χ0) is 15.2. The zero-order valence-corrected chi connectivity index (χ0v) is 12.7. The first-order valence-electron chi connectivity index (χ1n) is 6.51. The highest BCUT2D eigenvalue weighted by atomic mass is 35.5. The molecule has 1 N–H and O–H groups in total. The van der Waals surface area contributed by atoms with Gasteiger partial charge in [-0.3, -0.25) is 9.78 Å². The van der Waals surface area contributed by atoms with Gasteiger partial charge in [-0.25, -0.2) is 4.68 Å². The molecule has 2 aromatic heterocycles. The maximum absolute atomic E-state index is 12.0. The molecule has 0 unspecified atom stereocenters. The number of pyridine rings is 1. The fraction of sp³-hybridized carbons (Fsp3) is 0.357. The molecule has 0 aliphatic carbocycles. The van der Waals surface area contributed by atoms with Gasteiger partial charge in [0.1, 0.15) is 5.02 Å². The van der Waals surface area contributed by atoms with E-state index in [1.54, 1.807) is 25.7 Å². The summed E-state index contributed by atoms with van der Waals surface area (Å²) in [6.07, 6.45) is 5.07. The average Bonchev–Trinajstić information content (AvgIpc) is 2.49. The number of hydrogen-bond acceptors (Lipinski definition) is 5. The lowest BCUT2D eigenvalue weighted by Crippen LogP contribution is -2.26. The Bertz CT molecular complexity index is 672. The fourth-order valence-electron chi connectivity index (χ4n) is 1.80. The van der Waals surface area contributed by atoms with Gasteiger partial charge in [0.25, 0.3) is 5.56 Å². The molecule has 0 fully saturated rings. The number of aromatic nitrogens is 3. The minimum Gasteiger partial charge on any atom is -0.383 e. The minimum absolute atomic E-state index is 0.127. The standard InChI is InChI=1S/C14H17ClN4O2/c1-10-3-4-16-7-11(10)8-17-12-9-18-19(5-6-21-2)14(20)13(12)15/h3-4,7,9,17H,5-6,8H2,1-2H3. The van der Waals surface area contributed by atoms with Crippen LogP contribution in [0.3, 0.4) is 0 Å². The number of anilines is 1. The summed E-state index contributed by atoms with van der Waals surface area (Å²) in [6, 6.07) is 1.93. The summed E-state index contributed by atoms with van der Waals surface area (Å²) in [4.78, 5) is 16.1. The Morgan fingerprint density at radius 1 is 1.43 bits per heavy atom. The molecule has 0 radical (unpaired) electrons. The minimum atomic E-state index is -0.332. The van der Waals surface area contributed by atoms with Gasteiger partial charge in [-0.2, -0.15) is 5.10 Å². The maximum atomic E-state index is 12.0. The zero-order valence-electron chi connectivity index (χ0n) is 12.0. The number of methoxy groups -OCH3 is 1. The normalized spacial score (nSPS) is 10.6. The smallest absolute Gasteiger partial charge is 0.287 e. The van der Waals surface area contributed by atoms with Crippen molar-refractivity contribution in [3.05, 3.63) is 51.2 Å². The highest BCUT2D eigenvalue weighted by Crippen LogP contribution is 2.17. The van der Waals surface area contributed by atoms with Gasteiger partial charge in [0, 0.05) is 26.0 Å². The number of halogens is 1. The molecule has 0 aliphatic heterocycles. The van der Waals surface area contributed by atoms with E-state index in [2.05, 4.69) is 15.4 Å². The molecule has 0 aliphatic rings. The molecule has 0 saturated carbocycles. The van der Waals surface area contributed by atoms with E-state index >= 15 is 0 Å². The summed E-state index contributed by atoms with van der Waals surface area (Å²) in [6.45, 7) is 3.31. The lowest BCUT2D eigenvalue weighted by Gasteiger charge is -2.11. The van der Waals surface area contributed by atoms with E-state index in [9.17, 15) is 4.79 Å². The van der Waals surface area contributed by atoms with Crippen LogP contribution >= 0.6 is 11.6 Å². The van der Waals surface area contributed by atoms with E-state index in [0.29, 0.717) is 25.4 Å². The third-order valence-electron chi connectivity index (χ3n) is 3.11. The second-order valence-corrected chi connectivity index (χ2v) is 4.93. The van der Waals surface area contributed by atoms with Gasteiger partial charge in [0.2, 0.25) is 0 Å². The Morgan fingerprint density at radius 2 is 2.24 bits per heavy atom. The predicted molar refractivity (Wildman–Crippen MR) is 81.7 cm³/mol. The molecule has 6 nitrogen and oxygen atoms in total. The molecule has 0 atom stereocenters. The molecule has 0 saturated heterocycles. The molecule has 2 heterocycles. The summed E-state index contributed by atoms with van der Waals surface area (Å²) < 4.78 is 6.21. The Balaban J connectivity index is 2.13. The summed E-state index contributed by atoms with van der Waals surface area (Å²) in [5.74, 6) is 0. The van der Waals surface area contributed by atoms with Gasteiger partial charge in [0.05, 0.1) is 25.0 Å². The molecule has 21 heavy (non-hydrogen) atoms. The van der Waals surface area contributed by atoms with E-state index in [-0.39, 0.29) is 10.6 Å². The summed E-state index contributed by atoms with van der Waals surface area (Å²) >= 11 is 6.09. The van der Waals surface area contributed by atoms with Crippen molar-refractivity contribution in [2.45, 2.75) is 20.0 Å². The first-order chi connectivity index (χ1) is 10.1. The van der Waals surface area contributed by atoms with Crippen molar-refractivity contribution in [3.63, 3.8) is 0 Å². The van der Waals surface area contributed by atoms with E-state index in [1.807, 2.05) is 13.0 Å². The largest absolute Gasteiger partial charge is 0.383 e. The highest BCUT2D eigenvalue weighted by Gasteiger charge is 2.09. The highest BCUT2D eigenvalue weighted by molar-refractivity contribution is 6.32. The van der Waals surface area contributed by atoms with Crippen molar-refractivity contribution in [1.29, 1.82) is 0 Å². The van der Waals surface area contributed by atoms with Crippen molar-refractivity contribution < 1.29 is 4.74 Å². The van der Waals surface area contributed by atoms with Crippen molar-refractivity contribution in [2.75, 3.05) is 19.0 Å². The molecule has 0 aromatic carbocycles. The number of nitrogens with zero attached hydrogens (tertiary/aromatic N) is 3. The van der Waals surface area contributed by atoms with E-state index < -0.39 is 0 Å². The second-order valence-electron chi connectivity index (χ2n) is 4.55. The summed E-state index contributed by atoms with van der Waals surface area (Å²) in [5.41, 5.74) is 2.34. The molecular weight excluding hydrogens is 292 g/mol. The Kier molecular flexibility index (Phi) is 5.30. The van der Waals surface area contributed by atoms with Crippen LogP contribution in [0.4, 0.5) is 5.69 Å². The topological polar surface area (TPSA) is 69.0 Å². The van der Waals surface area contributed by atoms with Crippen LogP contribution in [-0.2, 0) is 17.8 Å². The Morgan fingerprint density at radius 3 is 2.95 bits per heavy atom. The first-order valence-corrected chi connectivity index (χ1v) is 6.89. The van der Waals surface area contributed by atoms with Crippen molar-refractivity contribution >= 4 is 17.3 Å². The van der Waals surface area contributed by atoms with Crippen LogP contribution in [0.15, 0.2) is 29.5 Å². The molecule has 0 amide bonds. The Labute approximate surface area is 127 Å². The van der Waals surface area contributed by atoms with Gasteiger partial charge in [-0.05, 0) is 24.1 Å². The lowest BCUT2D eigenvalue weighted by atomic mass is 10.1. The summed E-state index contributed by atoms with van der Waals surface area (Å²) in [7, 11) is 1.57. The van der Waals surface area contributed by atoms with Crippen LogP contribution in [-0.4, -0.2) is 28.5 Å². The van der Waals surface area contributed by atoms with Crippen LogP contribution in [0, 0.1) is 6.92 Å². The molecule has 7 heteroatoms. The van der Waals surface area contributed by atoms with Gasteiger partial charge in [-0.15, -0.1) is 0 Å². The van der Waals surface area contributed by atoms with E-state index in [4.69, 9.17) is 16.3 Å². The SMILES string of the molecule is COCCn1ncc(NCc2cnccc2C)c(Cl)c1=O. The Hall–Kier alpha value is -1.92. The second kappa shape index (κ2) is 7.19. The van der Waals surface area contributed by atoms with Gasteiger partial charge >= 0.3 is 0 Å². The van der Waals surface area contributed by atoms with Crippen LogP contribution in [0.1, 0.15) is 11.1 Å². The number of nitrogens with one attached hydrogen (secondary N) is 1. The molecule has 2 rings (SSSR count). The molecule has 112 valence electrons. The van der Waals surface area contributed by atoms with Crippen molar-refractivity contribution in [1.82, 2.24) is 14.8 Å². The van der Waals surface area contributed by atoms with Crippen LogP contribution in [0.2, 0.25) is 5.02 Å². The van der Waals surface area contributed by atoms with E-state index in [0.717, 1.165) is 11.1 Å². The third-order valence-corrected chi connectivity index (χ3v) is 3.47. The molecule has 2 aromatic rings. The van der Waals surface area contributed by atoms with Crippen molar-refractivity contribution in [3.8, 4) is 0 Å². The van der Waals surface area contributed by atoms with Crippen LogP contribution in [0.5, 0.6) is 0 Å². The predicted octanol–water partition coefficient (Wildman–Crippen LogP) is 1.86. The van der Waals surface area contributed by atoms with Gasteiger partial charge < -0.3 is 10.1 Å². The monoisotopic (exact) mass is 308 g/mol. The molecule has 0 bridgehead atoms. The fourth-order valence-corrected chi connectivity index (χ4v) is 2.01. The van der Waals surface area contributed by atoms with Crippen LogP contribution in [0.25, 0.3) is 0 Å². The van der Waals surface area contributed by atoms with Gasteiger partial charge in [-0.1, -0.05) is 11.6 Å². The average molecular weight is 309 g/mol. The quantitative estimate of drug-likeness (QED) is 0.882. The summed E-state index contributed by atoms with van der Waals surface area (Å²) in [5, 5.41) is 7.32. The number of rotatable bonds is 6. The van der Waals surface area contributed by atoms with E-state index in [1.165, 1.54) is 4.68 Å². The third kappa shape index (κ3) is 3.80. The molecular formula is C14H17ClN4O2. The van der Waals surface area contributed by atoms with Crippen LogP contribution < -0.4 is 10.9 Å². The number of aryl methyl sites for hydroxylation is 1. The number of hydrogen-bond donors (Lipinski definition) is 1. The van der Waals surface area contributed by atoms with Crippen molar-refractivity contribution in [2.24, 2.45) is 0 Å². The first kappa shape index (κ1) is 15.5. The van der Waals surface area contributed by atoms with Gasteiger partial charge in [0.15, 0.2) is 0 Å². The number of ether oxygens (including phenoxy) is 1. The maximum Gasteiger partial charge on any atom is 0.287 e.